The number of nitrogens with zero attached hydrogens (tertiary/aromatic N) is 1. The Hall–Kier alpha value is -3.34. The molecule has 4 aromatic rings. The number of ether oxygens (including phenoxy) is 1. The van der Waals surface area contributed by atoms with Gasteiger partial charge in [0.05, 0.1) is 18.8 Å². The first-order chi connectivity index (χ1) is 12.7. The molecule has 0 aliphatic heterocycles. The number of para-hydroxylation sites is 1. The van der Waals surface area contributed by atoms with Crippen molar-refractivity contribution < 1.29 is 9.53 Å². The lowest BCUT2D eigenvalue weighted by Gasteiger charge is -2.06. The topological polar surface area (TPSA) is 67.0 Å². The molecule has 4 rings (SSSR count). The Morgan fingerprint density at radius 3 is 2.69 bits per heavy atom. The summed E-state index contributed by atoms with van der Waals surface area (Å²) in [6.45, 7) is 0.554. The first kappa shape index (κ1) is 16.1. The number of amides is 1. The summed E-state index contributed by atoms with van der Waals surface area (Å²) in [5.41, 5.74) is 3.55. The van der Waals surface area contributed by atoms with Crippen molar-refractivity contribution in [1.82, 2.24) is 15.3 Å². The number of aromatic nitrogens is 2. The average Bonchev–Trinajstić information content (AvgIpc) is 3.06. The van der Waals surface area contributed by atoms with Gasteiger partial charge in [0, 0.05) is 22.8 Å². The summed E-state index contributed by atoms with van der Waals surface area (Å²) in [6.07, 6.45) is 2.47. The van der Waals surface area contributed by atoms with Crippen molar-refractivity contribution in [2.24, 2.45) is 0 Å². The normalized spacial score (nSPS) is 11.0. The van der Waals surface area contributed by atoms with Gasteiger partial charge in [0.2, 0.25) is 0 Å². The molecule has 2 heterocycles. The fourth-order valence-corrected chi connectivity index (χ4v) is 3.08. The van der Waals surface area contributed by atoms with Gasteiger partial charge in [0.25, 0.3) is 5.91 Å². The highest BCUT2D eigenvalue weighted by Gasteiger charge is 2.10. The van der Waals surface area contributed by atoms with E-state index in [0.29, 0.717) is 12.2 Å². The number of aromatic amines is 1. The second-order valence-electron chi connectivity index (χ2n) is 6.14. The fourth-order valence-electron chi connectivity index (χ4n) is 3.08. The average molecular weight is 345 g/mol. The van der Waals surface area contributed by atoms with E-state index in [1.165, 1.54) is 0 Å². The van der Waals surface area contributed by atoms with Gasteiger partial charge in [-0.15, -0.1) is 0 Å². The molecule has 0 bridgehead atoms. The van der Waals surface area contributed by atoms with Gasteiger partial charge in [-0.05, 0) is 36.2 Å². The van der Waals surface area contributed by atoms with Crippen LogP contribution in [0.1, 0.15) is 16.1 Å². The number of carbonyl (C=O) groups is 1. The third-order valence-corrected chi connectivity index (χ3v) is 4.48. The van der Waals surface area contributed by atoms with Gasteiger partial charge < -0.3 is 15.0 Å². The van der Waals surface area contributed by atoms with E-state index in [1.54, 1.807) is 13.3 Å². The minimum Gasteiger partial charge on any atom is -0.497 e. The first-order valence-corrected chi connectivity index (χ1v) is 8.52. The van der Waals surface area contributed by atoms with Crippen LogP contribution in [-0.4, -0.2) is 29.5 Å². The number of benzene rings is 2. The van der Waals surface area contributed by atoms with E-state index >= 15 is 0 Å². The molecule has 0 saturated carbocycles. The third kappa shape index (κ3) is 3.11. The van der Waals surface area contributed by atoms with Crippen LogP contribution in [-0.2, 0) is 6.42 Å². The van der Waals surface area contributed by atoms with Crippen LogP contribution in [0.25, 0.3) is 21.8 Å². The number of methoxy groups -OCH3 is 1. The Bertz CT molecular complexity index is 1070. The maximum absolute atomic E-state index is 12.4. The summed E-state index contributed by atoms with van der Waals surface area (Å²) in [6, 6.07) is 17.7. The van der Waals surface area contributed by atoms with Gasteiger partial charge >= 0.3 is 0 Å². The summed E-state index contributed by atoms with van der Waals surface area (Å²) >= 11 is 0. The van der Waals surface area contributed by atoms with Crippen LogP contribution in [0.5, 0.6) is 5.75 Å². The molecule has 0 saturated heterocycles. The predicted molar refractivity (Wildman–Crippen MR) is 103 cm³/mol. The lowest BCUT2D eigenvalue weighted by molar-refractivity contribution is 0.0949. The van der Waals surface area contributed by atoms with Crippen LogP contribution in [0.3, 0.4) is 0 Å². The number of hydrogen-bond acceptors (Lipinski definition) is 3. The van der Waals surface area contributed by atoms with Crippen molar-refractivity contribution >= 4 is 27.7 Å². The highest BCUT2D eigenvalue weighted by Crippen LogP contribution is 2.24. The van der Waals surface area contributed by atoms with Crippen LogP contribution < -0.4 is 10.1 Å². The Labute approximate surface area is 151 Å². The molecule has 0 atom stereocenters. The number of carbonyl (C=O) groups excluding carboxylic acids is 1. The lowest BCUT2D eigenvalue weighted by atomic mass is 10.1. The zero-order valence-corrected chi connectivity index (χ0v) is 14.5. The van der Waals surface area contributed by atoms with E-state index in [0.717, 1.165) is 39.5 Å². The van der Waals surface area contributed by atoms with Gasteiger partial charge in [-0.2, -0.15) is 0 Å². The Kier molecular flexibility index (Phi) is 4.27. The van der Waals surface area contributed by atoms with E-state index in [2.05, 4.69) is 15.3 Å². The zero-order valence-electron chi connectivity index (χ0n) is 14.5. The quantitative estimate of drug-likeness (QED) is 0.580. The van der Waals surface area contributed by atoms with E-state index < -0.39 is 0 Å². The van der Waals surface area contributed by atoms with Crippen molar-refractivity contribution in [3.05, 3.63) is 72.1 Å². The highest BCUT2D eigenvalue weighted by atomic mass is 16.5. The SMILES string of the molecule is COc1ccc(CCNC(=O)c2cc3c(cn2)[nH]c2ccccc23)cc1. The van der Waals surface area contributed by atoms with Crippen LogP contribution in [0.15, 0.2) is 60.8 Å². The second kappa shape index (κ2) is 6.88. The lowest BCUT2D eigenvalue weighted by Crippen LogP contribution is -2.26. The molecule has 0 spiro atoms. The van der Waals surface area contributed by atoms with Gasteiger partial charge in [-0.3, -0.25) is 4.79 Å². The smallest absolute Gasteiger partial charge is 0.269 e. The monoisotopic (exact) mass is 345 g/mol. The molecule has 0 aliphatic rings. The number of fused-ring (bicyclic) bond motifs is 3. The van der Waals surface area contributed by atoms with Gasteiger partial charge in [0.15, 0.2) is 0 Å². The van der Waals surface area contributed by atoms with Crippen LogP contribution in [0.2, 0.25) is 0 Å². The predicted octanol–water partition coefficient (Wildman–Crippen LogP) is 3.70. The zero-order chi connectivity index (χ0) is 17.9. The Morgan fingerprint density at radius 2 is 1.88 bits per heavy atom. The molecule has 0 radical (unpaired) electrons. The third-order valence-electron chi connectivity index (χ3n) is 4.48. The molecule has 2 aromatic heterocycles. The van der Waals surface area contributed by atoms with Gasteiger partial charge in [-0.1, -0.05) is 30.3 Å². The Morgan fingerprint density at radius 1 is 1.08 bits per heavy atom. The molecule has 1 amide bonds. The molecule has 0 aliphatic carbocycles. The highest BCUT2D eigenvalue weighted by molar-refractivity contribution is 6.09. The van der Waals surface area contributed by atoms with Crippen LogP contribution >= 0.6 is 0 Å². The standard InChI is InChI=1S/C21H19N3O2/c1-26-15-8-6-14(7-9-15)10-11-22-21(25)19-12-17-16-4-2-3-5-18(16)24-20(17)13-23-19/h2-9,12-13,24H,10-11H2,1H3,(H,22,25). The largest absolute Gasteiger partial charge is 0.497 e. The van der Waals surface area contributed by atoms with E-state index in [4.69, 9.17) is 4.74 Å². The molecule has 130 valence electrons. The van der Waals surface area contributed by atoms with Crippen molar-refractivity contribution in [3.8, 4) is 5.75 Å². The van der Waals surface area contributed by atoms with Gasteiger partial charge in [0.1, 0.15) is 11.4 Å². The number of hydrogen-bond donors (Lipinski definition) is 2. The number of nitrogens with one attached hydrogen (secondary N) is 2. The molecule has 5 heteroatoms. The second-order valence-corrected chi connectivity index (χ2v) is 6.14. The summed E-state index contributed by atoms with van der Waals surface area (Å²) in [5.74, 6) is 0.666. The minimum absolute atomic E-state index is 0.161. The molecule has 2 N–H and O–H groups in total. The summed E-state index contributed by atoms with van der Waals surface area (Å²) in [5, 5.41) is 5.04. The summed E-state index contributed by atoms with van der Waals surface area (Å²) < 4.78 is 5.15. The van der Waals surface area contributed by atoms with Crippen molar-refractivity contribution in [1.29, 1.82) is 0 Å². The summed E-state index contributed by atoms with van der Waals surface area (Å²) in [7, 11) is 1.65. The number of rotatable bonds is 5. The number of pyridine rings is 1. The maximum atomic E-state index is 12.4. The molecule has 0 fully saturated rings. The molecule has 0 unspecified atom stereocenters. The van der Waals surface area contributed by atoms with E-state index in [1.807, 2.05) is 54.6 Å². The molecular weight excluding hydrogens is 326 g/mol. The molecular formula is C21H19N3O2. The molecule has 26 heavy (non-hydrogen) atoms. The maximum Gasteiger partial charge on any atom is 0.269 e. The molecule has 5 nitrogen and oxygen atoms in total. The molecule has 2 aromatic carbocycles. The van der Waals surface area contributed by atoms with Gasteiger partial charge in [-0.25, -0.2) is 4.98 Å². The number of H-pyrrole nitrogens is 1. The fraction of sp³-hybridized carbons (Fsp3) is 0.143. The first-order valence-electron chi connectivity index (χ1n) is 8.52. The van der Waals surface area contributed by atoms with Crippen molar-refractivity contribution in [2.75, 3.05) is 13.7 Å². The minimum atomic E-state index is -0.161. The van der Waals surface area contributed by atoms with E-state index in [-0.39, 0.29) is 5.91 Å². The summed E-state index contributed by atoms with van der Waals surface area (Å²) in [4.78, 5) is 20.0. The van der Waals surface area contributed by atoms with Crippen molar-refractivity contribution in [2.45, 2.75) is 6.42 Å². The van der Waals surface area contributed by atoms with E-state index in [9.17, 15) is 4.79 Å². The van der Waals surface area contributed by atoms with Crippen molar-refractivity contribution in [3.63, 3.8) is 0 Å². The van der Waals surface area contributed by atoms with Crippen LogP contribution in [0, 0.1) is 0 Å². The Balaban J connectivity index is 1.46. The van der Waals surface area contributed by atoms with Crippen LogP contribution in [0.4, 0.5) is 0 Å².